The third kappa shape index (κ3) is 6.07. The Morgan fingerprint density at radius 3 is 2.29 bits per heavy atom. The number of thiazole rings is 1. The summed E-state index contributed by atoms with van der Waals surface area (Å²) in [6.07, 6.45) is 0. The highest BCUT2D eigenvalue weighted by Crippen LogP contribution is 2.25. The van der Waals surface area contributed by atoms with E-state index in [1.54, 1.807) is 35.6 Å². The molecule has 8 heteroatoms. The van der Waals surface area contributed by atoms with Crippen LogP contribution in [0.1, 0.15) is 5.01 Å². The molecule has 0 saturated heterocycles. The predicted octanol–water partition coefficient (Wildman–Crippen LogP) is 5.81. The molecule has 0 aliphatic heterocycles. The average Bonchev–Trinajstić information content (AvgIpc) is 3.17. The molecule has 3 amide bonds. The third-order valence-electron chi connectivity index (χ3n) is 4.23. The monoisotopic (exact) mass is 448 g/mol. The van der Waals surface area contributed by atoms with E-state index in [1.807, 2.05) is 48.5 Å². The van der Waals surface area contributed by atoms with Gasteiger partial charge in [-0.3, -0.25) is 4.79 Å². The molecular formula is C23H20N4O2S2. The first kappa shape index (κ1) is 20.9. The number of nitrogens with zero attached hydrogens (tertiary/aromatic N) is 1. The lowest BCUT2D eigenvalue weighted by molar-refractivity contribution is -0.113. The second-order valence-electron chi connectivity index (χ2n) is 6.64. The Bertz CT molecular complexity index is 1160. The van der Waals surface area contributed by atoms with Crippen LogP contribution in [0.25, 0.3) is 10.2 Å². The van der Waals surface area contributed by atoms with Gasteiger partial charge in [-0.25, -0.2) is 9.78 Å². The molecule has 3 aromatic carbocycles. The molecule has 0 aliphatic rings. The molecular weight excluding hydrogens is 428 g/mol. The van der Waals surface area contributed by atoms with Crippen LogP contribution in [0.2, 0.25) is 0 Å². The first-order valence-corrected chi connectivity index (χ1v) is 11.6. The summed E-state index contributed by atoms with van der Waals surface area (Å²) in [6, 6.07) is 23.9. The van der Waals surface area contributed by atoms with Gasteiger partial charge in [0.15, 0.2) is 0 Å². The van der Waals surface area contributed by atoms with E-state index in [2.05, 4.69) is 27.0 Å². The number of anilines is 3. The topological polar surface area (TPSA) is 83.1 Å². The number of rotatable bonds is 7. The first-order chi connectivity index (χ1) is 15.2. The van der Waals surface area contributed by atoms with Gasteiger partial charge in [0.25, 0.3) is 0 Å². The quantitative estimate of drug-likeness (QED) is 0.333. The summed E-state index contributed by atoms with van der Waals surface area (Å²) in [5.41, 5.74) is 2.92. The van der Waals surface area contributed by atoms with E-state index in [1.165, 1.54) is 11.8 Å². The fraction of sp³-hybridized carbons (Fsp3) is 0.0870. The van der Waals surface area contributed by atoms with E-state index in [0.29, 0.717) is 28.6 Å². The Kier molecular flexibility index (Phi) is 6.81. The number of urea groups is 1. The zero-order chi connectivity index (χ0) is 21.5. The van der Waals surface area contributed by atoms with Gasteiger partial charge in [-0.15, -0.1) is 23.1 Å². The number of carbonyl (C=O) groups is 2. The average molecular weight is 449 g/mol. The maximum atomic E-state index is 12.3. The Morgan fingerprint density at radius 1 is 0.806 bits per heavy atom. The number of fused-ring (bicyclic) bond motifs is 1. The number of para-hydroxylation sites is 2. The number of nitrogens with one attached hydrogen (secondary N) is 3. The molecule has 0 fully saturated rings. The molecule has 1 heterocycles. The van der Waals surface area contributed by atoms with Crippen LogP contribution in [-0.2, 0) is 10.5 Å². The molecule has 0 aliphatic carbocycles. The van der Waals surface area contributed by atoms with Crippen molar-refractivity contribution in [2.45, 2.75) is 5.75 Å². The molecule has 0 radical (unpaired) electrons. The second kappa shape index (κ2) is 10.1. The number of amides is 3. The minimum atomic E-state index is -0.346. The number of carbonyl (C=O) groups excluding carboxylic acids is 2. The molecule has 1 aromatic heterocycles. The Hall–Kier alpha value is -3.36. The van der Waals surface area contributed by atoms with Gasteiger partial charge in [0.05, 0.1) is 16.0 Å². The van der Waals surface area contributed by atoms with Crippen LogP contribution in [0, 0.1) is 0 Å². The van der Waals surface area contributed by atoms with Gasteiger partial charge in [-0.1, -0.05) is 36.4 Å². The van der Waals surface area contributed by atoms with E-state index in [0.717, 1.165) is 15.2 Å². The minimum Gasteiger partial charge on any atom is -0.325 e. The highest BCUT2D eigenvalue weighted by molar-refractivity contribution is 7.99. The fourth-order valence-corrected chi connectivity index (χ4v) is 4.75. The van der Waals surface area contributed by atoms with Crippen molar-refractivity contribution in [1.29, 1.82) is 0 Å². The van der Waals surface area contributed by atoms with Crippen molar-refractivity contribution in [3.05, 3.63) is 83.9 Å². The number of thioether (sulfide) groups is 1. The van der Waals surface area contributed by atoms with Crippen molar-refractivity contribution in [3.63, 3.8) is 0 Å². The van der Waals surface area contributed by atoms with Crippen molar-refractivity contribution in [3.8, 4) is 0 Å². The van der Waals surface area contributed by atoms with E-state index in [4.69, 9.17) is 0 Å². The van der Waals surface area contributed by atoms with Crippen molar-refractivity contribution >= 4 is 62.3 Å². The summed E-state index contributed by atoms with van der Waals surface area (Å²) in [4.78, 5) is 29.0. The molecule has 0 atom stereocenters. The van der Waals surface area contributed by atoms with E-state index in [9.17, 15) is 9.59 Å². The van der Waals surface area contributed by atoms with Gasteiger partial charge in [0.2, 0.25) is 5.91 Å². The maximum absolute atomic E-state index is 12.3. The Morgan fingerprint density at radius 2 is 1.48 bits per heavy atom. The molecule has 0 saturated carbocycles. The van der Waals surface area contributed by atoms with Crippen molar-refractivity contribution in [2.24, 2.45) is 0 Å². The molecule has 0 unspecified atom stereocenters. The van der Waals surface area contributed by atoms with Crippen LogP contribution in [0.4, 0.5) is 21.9 Å². The lowest BCUT2D eigenvalue weighted by Gasteiger charge is -2.10. The molecule has 156 valence electrons. The predicted molar refractivity (Wildman–Crippen MR) is 130 cm³/mol. The SMILES string of the molecule is O=C(CSCc1nc2ccccc2s1)Nc1cccc(NC(=O)Nc2ccccc2)c1. The number of hydrogen-bond acceptors (Lipinski definition) is 5. The summed E-state index contributed by atoms with van der Waals surface area (Å²) >= 11 is 3.17. The summed E-state index contributed by atoms with van der Waals surface area (Å²) < 4.78 is 1.16. The van der Waals surface area contributed by atoms with Gasteiger partial charge < -0.3 is 16.0 Å². The van der Waals surface area contributed by atoms with Crippen LogP contribution in [0.3, 0.4) is 0 Å². The van der Waals surface area contributed by atoms with E-state index < -0.39 is 0 Å². The lowest BCUT2D eigenvalue weighted by Crippen LogP contribution is -2.19. The Balaban J connectivity index is 1.25. The van der Waals surface area contributed by atoms with Crippen LogP contribution in [0.15, 0.2) is 78.9 Å². The minimum absolute atomic E-state index is 0.100. The first-order valence-electron chi connectivity index (χ1n) is 9.61. The maximum Gasteiger partial charge on any atom is 0.323 e. The number of aromatic nitrogens is 1. The van der Waals surface area contributed by atoms with Crippen molar-refractivity contribution in [2.75, 3.05) is 21.7 Å². The molecule has 4 aromatic rings. The number of hydrogen-bond donors (Lipinski definition) is 3. The Labute approximate surface area is 188 Å². The summed E-state index contributed by atoms with van der Waals surface area (Å²) in [5, 5.41) is 9.40. The van der Waals surface area contributed by atoms with Crippen molar-refractivity contribution in [1.82, 2.24) is 4.98 Å². The van der Waals surface area contributed by atoms with Crippen LogP contribution in [0.5, 0.6) is 0 Å². The molecule has 4 rings (SSSR count). The highest BCUT2D eigenvalue weighted by atomic mass is 32.2. The lowest BCUT2D eigenvalue weighted by atomic mass is 10.2. The summed E-state index contributed by atoms with van der Waals surface area (Å²) in [5.74, 6) is 0.910. The van der Waals surface area contributed by atoms with E-state index in [-0.39, 0.29) is 11.9 Å². The van der Waals surface area contributed by atoms with Crippen LogP contribution < -0.4 is 16.0 Å². The largest absolute Gasteiger partial charge is 0.325 e. The smallest absolute Gasteiger partial charge is 0.323 e. The van der Waals surface area contributed by atoms with Gasteiger partial charge >= 0.3 is 6.03 Å². The van der Waals surface area contributed by atoms with Crippen LogP contribution >= 0.6 is 23.1 Å². The molecule has 3 N–H and O–H groups in total. The van der Waals surface area contributed by atoms with Crippen LogP contribution in [-0.4, -0.2) is 22.7 Å². The summed E-state index contributed by atoms with van der Waals surface area (Å²) in [7, 11) is 0. The zero-order valence-electron chi connectivity index (χ0n) is 16.5. The van der Waals surface area contributed by atoms with Gasteiger partial charge in [0, 0.05) is 22.8 Å². The van der Waals surface area contributed by atoms with Gasteiger partial charge in [0.1, 0.15) is 5.01 Å². The normalized spacial score (nSPS) is 10.6. The van der Waals surface area contributed by atoms with E-state index >= 15 is 0 Å². The highest BCUT2D eigenvalue weighted by Gasteiger charge is 2.08. The van der Waals surface area contributed by atoms with Gasteiger partial charge in [-0.05, 0) is 42.5 Å². The fourth-order valence-electron chi connectivity index (χ4n) is 2.90. The molecule has 0 spiro atoms. The molecule has 0 bridgehead atoms. The van der Waals surface area contributed by atoms with Crippen molar-refractivity contribution < 1.29 is 9.59 Å². The van der Waals surface area contributed by atoms with Gasteiger partial charge in [-0.2, -0.15) is 0 Å². The molecule has 6 nitrogen and oxygen atoms in total. The zero-order valence-corrected chi connectivity index (χ0v) is 18.1. The standard InChI is InChI=1S/C23H20N4O2S2/c28-21(14-30-15-22-27-19-11-4-5-12-20(19)31-22)24-17-9-6-10-18(13-17)26-23(29)25-16-7-2-1-3-8-16/h1-13H,14-15H2,(H,24,28)(H2,25,26,29). The molecule has 31 heavy (non-hydrogen) atoms. The second-order valence-corrected chi connectivity index (χ2v) is 8.74. The summed E-state index contributed by atoms with van der Waals surface area (Å²) in [6.45, 7) is 0. The number of benzene rings is 3. The third-order valence-corrected chi connectivity index (χ3v) is 6.40.